The lowest BCUT2D eigenvalue weighted by Crippen LogP contribution is -2.12. The number of benzene rings is 6. The van der Waals surface area contributed by atoms with Crippen LogP contribution in [-0.4, -0.2) is 9.97 Å². The topological polar surface area (TPSA) is 31.6 Å². The van der Waals surface area contributed by atoms with Crippen LogP contribution in [0.3, 0.4) is 0 Å². The minimum atomic E-state index is 0.410. The van der Waals surface area contributed by atoms with Gasteiger partial charge in [0.05, 0.1) is 0 Å². The second-order valence-electron chi connectivity index (χ2n) is 18.7. The zero-order valence-electron chi connectivity index (χ0n) is 38.4. The van der Waals surface area contributed by atoms with Crippen LogP contribution in [0, 0.1) is 29.6 Å². The summed E-state index contributed by atoms with van der Waals surface area (Å²) < 4.78 is 0. The van der Waals surface area contributed by atoms with E-state index in [0.717, 1.165) is 37.5 Å². The summed E-state index contributed by atoms with van der Waals surface area (Å²) in [4.78, 5) is 6.57. The van der Waals surface area contributed by atoms with E-state index in [4.69, 9.17) is 6.42 Å². The van der Waals surface area contributed by atoms with Crippen LogP contribution in [0.15, 0.2) is 207 Å². The van der Waals surface area contributed by atoms with Crippen molar-refractivity contribution in [2.45, 2.75) is 82.5 Å². The van der Waals surface area contributed by atoms with Gasteiger partial charge in [-0.15, -0.1) is 12.3 Å². The Labute approximate surface area is 393 Å². The largest absolute Gasteiger partial charge is 0.361 e. The molecule has 2 N–H and O–H groups in total. The van der Waals surface area contributed by atoms with E-state index in [9.17, 15) is 0 Å². The lowest BCUT2D eigenvalue weighted by atomic mass is 9.78. The molecule has 12 rings (SSSR count). The van der Waals surface area contributed by atoms with Crippen LogP contribution in [0.1, 0.15) is 109 Å². The van der Waals surface area contributed by atoms with Gasteiger partial charge in [-0.1, -0.05) is 188 Å². The standard InChI is InChI=1S/C22H22.C21H21N.C13H14.C8H7N/c1-2-8-17(9-3-1)21-20-11-6-14-22(20,21)15-18-13-12-16-7-4-5-10-19(16)18;1-15-8-7-12-17(15)21(16-9-3-2-4-10-16)19-14-22-20-13-6-5-11-18(19)20;1-2-3-4-5-7-10-13-11-8-6-9-12-13;1-2-4-8-7(3-1)5-6-9-8/h1-5,7-10,13,20-21H,6,11-12,14-15H2;2-6,9-11,13-14,17,21-22H,1,7-8,12H2;1,6-12H,3-5H2;1-6,9H/b;;10-7+;/t20-,21-,22?;17-,21-;;/m01../s1. The van der Waals surface area contributed by atoms with Gasteiger partial charge in [-0.05, 0) is 143 Å². The van der Waals surface area contributed by atoms with E-state index in [-0.39, 0.29) is 0 Å². The Balaban J connectivity index is 0.000000117. The minimum Gasteiger partial charge on any atom is -0.361 e. The van der Waals surface area contributed by atoms with Gasteiger partial charge < -0.3 is 9.97 Å². The van der Waals surface area contributed by atoms with Crippen molar-refractivity contribution in [2.24, 2.45) is 17.3 Å². The number of rotatable bonds is 10. The number of hydrogen-bond acceptors (Lipinski definition) is 0. The van der Waals surface area contributed by atoms with Crippen LogP contribution < -0.4 is 0 Å². The van der Waals surface area contributed by atoms with Gasteiger partial charge in [-0.3, -0.25) is 0 Å². The number of terminal acetylenes is 1. The first-order chi connectivity index (χ1) is 32.6. The second kappa shape index (κ2) is 21.4. The number of H-pyrrole nitrogens is 2. The van der Waals surface area contributed by atoms with E-state index in [1.165, 1.54) is 100 Å². The van der Waals surface area contributed by atoms with Crippen molar-refractivity contribution in [3.8, 4) is 12.3 Å². The molecule has 3 saturated carbocycles. The zero-order chi connectivity index (χ0) is 45.0. The van der Waals surface area contributed by atoms with Crippen molar-refractivity contribution >= 4 is 33.5 Å². The molecule has 0 amide bonds. The van der Waals surface area contributed by atoms with Gasteiger partial charge in [0.15, 0.2) is 0 Å². The summed E-state index contributed by atoms with van der Waals surface area (Å²) in [7, 11) is 0. The number of para-hydroxylation sites is 2. The molecule has 8 aromatic rings. The first kappa shape index (κ1) is 44.4. The van der Waals surface area contributed by atoms with Crippen LogP contribution >= 0.6 is 0 Å². The Hall–Kier alpha value is -6.82. The Bertz CT molecular complexity index is 2870. The maximum absolute atomic E-state index is 5.15. The molecule has 0 aliphatic heterocycles. The molecule has 0 bridgehead atoms. The van der Waals surface area contributed by atoms with E-state index in [1.807, 2.05) is 36.5 Å². The van der Waals surface area contributed by atoms with Crippen LogP contribution in [0.2, 0.25) is 0 Å². The lowest BCUT2D eigenvalue weighted by Gasteiger charge is -2.25. The predicted octanol–water partition coefficient (Wildman–Crippen LogP) is 16.9. The van der Waals surface area contributed by atoms with Crippen LogP contribution in [0.5, 0.6) is 0 Å². The van der Waals surface area contributed by atoms with Crippen LogP contribution in [0.4, 0.5) is 0 Å². The van der Waals surface area contributed by atoms with E-state index in [0.29, 0.717) is 17.3 Å². The van der Waals surface area contributed by atoms with Gasteiger partial charge in [-0.25, -0.2) is 0 Å². The molecule has 5 atom stereocenters. The Kier molecular flexibility index (Phi) is 14.4. The molecule has 2 heteroatoms. The number of hydrogen-bond donors (Lipinski definition) is 2. The molecule has 0 saturated heterocycles. The fourth-order valence-corrected chi connectivity index (χ4v) is 11.5. The first-order valence-corrected chi connectivity index (χ1v) is 24.4. The highest BCUT2D eigenvalue weighted by molar-refractivity contribution is 5.84. The number of aromatic nitrogens is 2. The summed E-state index contributed by atoms with van der Waals surface area (Å²) in [6.45, 7) is 4.36. The summed E-state index contributed by atoms with van der Waals surface area (Å²) in [5, 5.41) is 2.62. The summed E-state index contributed by atoms with van der Waals surface area (Å²) in [6.07, 6.45) is 29.6. The molecule has 2 aromatic heterocycles. The van der Waals surface area contributed by atoms with Crippen molar-refractivity contribution in [3.63, 3.8) is 0 Å². The Morgan fingerprint density at radius 2 is 1.44 bits per heavy atom. The highest BCUT2D eigenvalue weighted by atomic mass is 14.7. The molecule has 1 unspecified atom stereocenters. The molecule has 66 heavy (non-hydrogen) atoms. The van der Waals surface area contributed by atoms with Crippen LogP contribution in [-0.2, 0) is 6.42 Å². The number of allylic oxidation sites excluding steroid dienone is 4. The molecule has 0 radical (unpaired) electrons. The molecule has 4 aliphatic carbocycles. The highest BCUT2D eigenvalue weighted by Gasteiger charge is 2.66. The van der Waals surface area contributed by atoms with Crippen molar-refractivity contribution in [1.29, 1.82) is 0 Å². The molecule has 4 aliphatic rings. The molecule has 330 valence electrons. The summed E-state index contributed by atoms with van der Waals surface area (Å²) in [5.41, 5.74) is 14.8. The number of aromatic amines is 2. The number of nitrogens with one attached hydrogen (secondary N) is 2. The van der Waals surface area contributed by atoms with E-state index < -0.39 is 0 Å². The average molecular weight is 861 g/mol. The van der Waals surface area contributed by atoms with Crippen LogP contribution in [0.25, 0.3) is 33.5 Å². The van der Waals surface area contributed by atoms with Crippen molar-refractivity contribution in [1.82, 2.24) is 9.97 Å². The summed E-state index contributed by atoms with van der Waals surface area (Å²) in [6, 6.07) is 60.4. The minimum absolute atomic E-state index is 0.410. The molecule has 6 aromatic carbocycles. The molecule has 2 heterocycles. The van der Waals surface area contributed by atoms with E-state index in [1.54, 1.807) is 11.1 Å². The van der Waals surface area contributed by atoms with Gasteiger partial charge in [0.1, 0.15) is 0 Å². The molecule has 3 fully saturated rings. The Morgan fingerprint density at radius 1 is 0.727 bits per heavy atom. The van der Waals surface area contributed by atoms with Gasteiger partial charge in [0.2, 0.25) is 0 Å². The third-order valence-corrected chi connectivity index (χ3v) is 14.7. The van der Waals surface area contributed by atoms with Crippen molar-refractivity contribution in [3.05, 3.63) is 240 Å². The normalized spacial score (nSPS) is 20.4. The summed E-state index contributed by atoms with van der Waals surface area (Å²) >= 11 is 0. The number of unbranched alkanes of at least 4 members (excludes halogenated alkanes) is 2. The monoisotopic (exact) mass is 861 g/mol. The van der Waals surface area contributed by atoms with Gasteiger partial charge in [0, 0.05) is 41.2 Å². The van der Waals surface area contributed by atoms with Crippen molar-refractivity contribution in [2.75, 3.05) is 0 Å². The maximum atomic E-state index is 5.15. The van der Waals surface area contributed by atoms with Gasteiger partial charge in [0.25, 0.3) is 0 Å². The number of fused-ring (bicyclic) bond motifs is 4. The third kappa shape index (κ3) is 10.2. The fraction of sp³-hybridized carbons (Fsp3) is 0.250. The third-order valence-electron chi connectivity index (χ3n) is 14.7. The van der Waals surface area contributed by atoms with Crippen molar-refractivity contribution < 1.29 is 0 Å². The predicted molar refractivity (Wildman–Crippen MR) is 281 cm³/mol. The summed E-state index contributed by atoms with van der Waals surface area (Å²) in [5.74, 6) is 5.35. The quantitative estimate of drug-likeness (QED) is 0.0780. The maximum Gasteiger partial charge on any atom is 0.0457 e. The van der Waals surface area contributed by atoms with Gasteiger partial charge in [-0.2, -0.15) is 0 Å². The molecule has 0 spiro atoms. The molecular weight excluding hydrogens is 797 g/mol. The van der Waals surface area contributed by atoms with E-state index >= 15 is 0 Å². The SMILES string of the molecule is C#CCCC/C=C/c1ccccc1.C1=C(CC23CCC[C@H]2[C@@H]3c2ccccc2)c2ccccc2C1.C=C1CCC[C@H]1[C@@H](c1ccccc1)c1c[nH]c2ccccc12.c1ccc2[nH]ccc2c1. The smallest absolute Gasteiger partial charge is 0.0457 e. The lowest BCUT2D eigenvalue weighted by molar-refractivity contribution is 0.483. The average Bonchev–Trinajstić information content (AvgIpc) is 4.12. The van der Waals surface area contributed by atoms with E-state index in [2.05, 4.69) is 186 Å². The Morgan fingerprint density at radius 3 is 2.21 bits per heavy atom. The fourth-order valence-electron chi connectivity index (χ4n) is 11.5. The second-order valence-corrected chi connectivity index (χ2v) is 18.7. The van der Waals surface area contributed by atoms with Gasteiger partial charge >= 0.3 is 0 Å². The zero-order valence-corrected chi connectivity index (χ0v) is 38.4. The molecular formula is C64H64N2. The molecule has 2 nitrogen and oxygen atoms in total. The highest BCUT2D eigenvalue weighted by Crippen LogP contribution is 2.76. The first-order valence-electron chi connectivity index (χ1n) is 24.4.